The normalized spacial score (nSPS) is 19.8. The van der Waals surface area contributed by atoms with E-state index in [9.17, 15) is 12.8 Å². The quantitative estimate of drug-likeness (QED) is 0.417. The molecule has 1 atom stereocenters. The van der Waals surface area contributed by atoms with E-state index in [-0.39, 0.29) is 16.8 Å². The Bertz CT molecular complexity index is 1690. The molecule has 5 heterocycles. The Balaban J connectivity index is 1.40. The van der Waals surface area contributed by atoms with Gasteiger partial charge in [0.2, 0.25) is 0 Å². The van der Waals surface area contributed by atoms with Crippen molar-refractivity contribution in [3.63, 3.8) is 0 Å². The highest BCUT2D eigenvalue weighted by Crippen LogP contribution is 2.44. The van der Waals surface area contributed by atoms with E-state index < -0.39 is 15.7 Å². The summed E-state index contributed by atoms with van der Waals surface area (Å²) in [5.41, 5.74) is 5.55. The van der Waals surface area contributed by atoms with Gasteiger partial charge in [0.1, 0.15) is 16.4 Å². The van der Waals surface area contributed by atoms with Gasteiger partial charge in [-0.15, -0.1) is 0 Å². The minimum Gasteiger partial charge on any atom is -0.375 e. The highest BCUT2D eigenvalue weighted by atomic mass is 32.2. The molecule has 39 heavy (non-hydrogen) atoms. The number of imidazole rings is 1. The summed E-state index contributed by atoms with van der Waals surface area (Å²) in [6.07, 6.45) is 0.899. The van der Waals surface area contributed by atoms with Gasteiger partial charge in [-0.05, 0) is 37.1 Å². The van der Waals surface area contributed by atoms with Crippen molar-refractivity contribution in [1.82, 2.24) is 24.6 Å². The molecule has 0 bridgehead atoms. The number of nitrogens with one attached hydrogen (secondary N) is 1. The number of rotatable bonds is 4. The molecule has 0 aliphatic carbocycles. The van der Waals surface area contributed by atoms with E-state index in [1.165, 1.54) is 12.1 Å². The molecule has 0 amide bonds. The molecule has 202 valence electrons. The Hall–Kier alpha value is -3.38. The second-order valence-corrected chi connectivity index (χ2v) is 12.1. The van der Waals surface area contributed by atoms with Crippen LogP contribution in [0.25, 0.3) is 28.5 Å². The van der Waals surface area contributed by atoms with E-state index in [0.717, 1.165) is 42.1 Å². The average molecular weight is 550 g/mol. The van der Waals surface area contributed by atoms with Gasteiger partial charge in [-0.2, -0.15) is 5.10 Å². The monoisotopic (exact) mass is 549 g/mol. The van der Waals surface area contributed by atoms with E-state index in [0.29, 0.717) is 54.7 Å². The summed E-state index contributed by atoms with van der Waals surface area (Å²) in [6.45, 7) is 5.87. The number of hydrogen-bond donors (Lipinski definition) is 1. The zero-order chi connectivity index (χ0) is 26.7. The van der Waals surface area contributed by atoms with Crippen LogP contribution in [0.1, 0.15) is 22.5 Å². The molecule has 1 saturated heterocycles. The average Bonchev–Trinajstić information content (AvgIpc) is 3.47. The van der Waals surface area contributed by atoms with Crippen LogP contribution in [0.3, 0.4) is 0 Å². The van der Waals surface area contributed by atoms with E-state index >= 15 is 0 Å². The van der Waals surface area contributed by atoms with Gasteiger partial charge in [0.05, 0.1) is 54.4 Å². The molecule has 11 heteroatoms. The van der Waals surface area contributed by atoms with Crippen molar-refractivity contribution in [2.75, 3.05) is 26.3 Å². The third-order valence-corrected chi connectivity index (χ3v) is 9.39. The summed E-state index contributed by atoms with van der Waals surface area (Å²) < 4.78 is 57.0. The second kappa shape index (κ2) is 9.37. The first-order chi connectivity index (χ1) is 18.9. The van der Waals surface area contributed by atoms with Crippen LogP contribution in [0, 0.1) is 12.7 Å². The van der Waals surface area contributed by atoms with Crippen LogP contribution >= 0.6 is 0 Å². The number of ether oxygens (including phenoxy) is 2. The third kappa shape index (κ3) is 4.11. The number of sulfone groups is 1. The number of hydrogen-bond acceptors (Lipinski definition) is 7. The first kappa shape index (κ1) is 24.6. The lowest BCUT2D eigenvalue weighted by atomic mass is 10.0. The second-order valence-electron chi connectivity index (χ2n) is 10.2. The van der Waals surface area contributed by atoms with Crippen molar-refractivity contribution >= 4 is 9.84 Å². The summed E-state index contributed by atoms with van der Waals surface area (Å²) in [5, 5.41) is 8.32. The fraction of sp³-hybridized carbons (Fsp3) is 0.357. The lowest BCUT2D eigenvalue weighted by molar-refractivity contribution is 0.0292. The van der Waals surface area contributed by atoms with Crippen LogP contribution < -0.4 is 5.32 Å². The Morgan fingerprint density at radius 3 is 2.79 bits per heavy atom. The van der Waals surface area contributed by atoms with Crippen LogP contribution in [0.2, 0.25) is 0 Å². The maximum absolute atomic E-state index is 15.0. The minimum atomic E-state index is -3.93. The highest BCUT2D eigenvalue weighted by molar-refractivity contribution is 7.91. The molecule has 1 N–H and O–H groups in total. The van der Waals surface area contributed by atoms with Crippen LogP contribution in [0.15, 0.2) is 47.4 Å². The molecule has 1 fully saturated rings. The number of halogens is 1. The highest BCUT2D eigenvalue weighted by Gasteiger charge is 2.38. The molecule has 2 aromatic heterocycles. The van der Waals surface area contributed by atoms with Gasteiger partial charge in [-0.3, -0.25) is 0 Å². The molecule has 0 spiro atoms. The molecule has 3 aliphatic rings. The van der Waals surface area contributed by atoms with E-state index in [1.807, 2.05) is 31.2 Å². The predicted molar refractivity (Wildman–Crippen MR) is 142 cm³/mol. The van der Waals surface area contributed by atoms with Crippen LogP contribution in [0.5, 0.6) is 0 Å². The molecule has 0 saturated carbocycles. The molecule has 1 unspecified atom stereocenters. The standard InChI is InChI=1S/C28H28FN5O4S/c1-17-24-15-37-12-10-33(24)28(31-17)25-22-16-39(35,36)27-21(3-2-4-23(27)29)26(22)34(32-25)19-7-5-18(6-8-19)13-20-14-30-9-11-38-20/h2-8,20,30H,9-16H2,1H3. The van der Waals surface area contributed by atoms with E-state index in [4.69, 9.17) is 19.6 Å². The smallest absolute Gasteiger partial charge is 0.186 e. The maximum atomic E-state index is 15.0. The first-order valence-electron chi connectivity index (χ1n) is 13.1. The summed E-state index contributed by atoms with van der Waals surface area (Å²) in [6, 6.07) is 12.4. The minimum absolute atomic E-state index is 0.118. The number of aryl methyl sites for hydroxylation is 1. The van der Waals surface area contributed by atoms with Gasteiger partial charge in [0.25, 0.3) is 0 Å². The van der Waals surface area contributed by atoms with Crippen molar-refractivity contribution in [3.05, 3.63) is 70.8 Å². The van der Waals surface area contributed by atoms with Gasteiger partial charge in [-0.1, -0.05) is 24.3 Å². The number of fused-ring (bicyclic) bond motifs is 4. The molecule has 0 radical (unpaired) electrons. The van der Waals surface area contributed by atoms with Crippen LogP contribution in [0.4, 0.5) is 4.39 Å². The lowest BCUT2D eigenvalue weighted by Crippen LogP contribution is -2.39. The summed E-state index contributed by atoms with van der Waals surface area (Å²) in [4.78, 5) is 4.52. The number of nitrogens with zero attached hydrogens (tertiary/aromatic N) is 4. The molecule has 7 rings (SSSR count). The van der Waals surface area contributed by atoms with Gasteiger partial charge < -0.3 is 19.4 Å². The Morgan fingerprint density at radius 2 is 2.00 bits per heavy atom. The zero-order valence-electron chi connectivity index (χ0n) is 21.5. The molecule has 4 aromatic rings. The maximum Gasteiger partial charge on any atom is 0.186 e. The summed E-state index contributed by atoms with van der Waals surface area (Å²) >= 11 is 0. The summed E-state index contributed by atoms with van der Waals surface area (Å²) in [5.74, 6) is -0.502. The van der Waals surface area contributed by atoms with Gasteiger partial charge >= 0.3 is 0 Å². The fourth-order valence-electron chi connectivity index (χ4n) is 5.83. The van der Waals surface area contributed by atoms with Gasteiger partial charge in [0.15, 0.2) is 15.7 Å². The van der Waals surface area contributed by atoms with Crippen molar-refractivity contribution in [2.24, 2.45) is 0 Å². The molecular weight excluding hydrogens is 521 g/mol. The Labute approximate surface area is 225 Å². The number of benzene rings is 2. The Morgan fingerprint density at radius 1 is 1.15 bits per heavy atom. The third-order valence-electron chi connectivity index (χ3n) is 7.68. The topological polar surface area (TPSA) is 100 Å². The van der Waals surface area contributed by atoms with E-state index in [1.54, 1.807) is 10.7 Å². The summed E-state index contributed by atoms with van der Waals surface area (Å²) in [7, 11) is -3.93. The zero-order valence-corrected chi connectivity index (χ0v) is 22.3. The van der Waals surface area contributed by atoms with Crippen molar-refractivity contribution < 1.29 is 22.3 Å². The Kier molecular flexibility index (Phi) is 5.92. The van der Waals surface area contributed by atoms with Crippen molar-refractivity contribution in [3.8, 4) is 28.5 Å². The largest absolute Gasteiger partial charge is 0.375 e. The van der Waals surface area contributed by atoms with Crippen molar-refractivity contribution in [1.29, 1.82) is 0 Å². The fourth-order valence-corrected chi connectivity index (χ4v) is 7.49. The van der Waals surface area contributed by atoms with E-state index in [2.05, 4.69) is 9.88 Å². The van der Waals surface area contributed by atoms with Crippen molar-refractivity contribution in [2.45, 2.75) is 43.2 Å². The molecular formula is C28H28FN5O4S. The number of aromatic nitrogens is 4. The van der Waals surface area contributed by atoms with Gasteiger partial charge in [0, 0.05) is 30.8 Å². The molecule has 3 aliphatic heterocycles. The molecule has 2 aromatic carbocycles. The van der Waals surface area contributed by atoms with Gasteiger partial charge in [-0.25, -0.2) is 22.5 Å². The first-order valence-corrected chi connectivity index (χ1v) is 14.8. The van der Waals surface area contributed by atoms with Crippen LogP contribution in [-0.2, 0) is 44.6 Å². The molecule has 9 nitrogen and oxygen atoms in total. The van der Waals surface area contributed by atoms with Crippen LogP contribution in [-0.4, -0.2) is 60.2 Å². The lowest BCUT2D eigenvalue weighted by Gasteiger charge is -2.23. The predicted octanol–water partition coefficient (Wildman–Crippen LogP) is 3.20. The SMILES string of the molecule is Cc1nc(-c2nn(-c3ccc(CC4CNCCO4)cc3)c3c2CS(=O)(=O)c2c(F)cccc2-3)n2c1COCC2. The number of morpholine rings is 1.